The maximum atomic E-state index is 13.2. The fourth-order valence-electron chi connectivity index (χ4n) is 3.68. The normalized spacial score (nSPS) is 11.4. The van der Waals surface area contributed by atoms with Gasteiger partial charge in [0.05, 0.1) is 24.4 Å². The molecule has 0 amide bonds. The third-order valence-corrected chi connectivity index (χ3v) is 6.19. The summed E-state index contributed by atoms with van der Waals surface area (Å²) >= 11 is 1.06. The highest BCUT2D eigenvalue weighted by Gasteiger charge is 2.22. The van der Waals surface area contributed by atoms with Crippen molar-refractivity contribution in [3.05, 3.63) is 71.1 Å². The van der Waals surface area contributed by atoms with Crippen molar-refractivity contribution in [3.63, 3.8) is 0 Å². The maximum absolute atomic E-state index is 13.2. The van der Waals surface area contributed by atoms with Crippen LogP contribution in [-0.4, -0.2) is 42.3 Å². The van der Waals surface area contributed by atoms with Gasteiger partial charge in [-0.05, 0) is 29.8 Å². The molecule has 0 saturated carbocycles. The molecule has 5 aromatic rings. The Bertz CT molecular complexity index is 1510. The Labute approximate surface area is 196 Å². The van der Waals surface area contributed by atoms with Crippen LogP contribution in [0, 0.1) is 0 Å². The number of nitrogens with zero attached hydrogens (tertiary/aromatic N) is 6. The fourth-order valence-corrected chi connectivity index (χ4v) is 4.50. The standard InChI is InChI=1S/C23H18F2N6O2S/c1-30-20(15(11-26-30)23-27-16(12-34-23)21(24)25)17(32)9-13-7-8-31-19(10-13)28-22(29-31)14-5-3-4-6-18(14)33-2/h3-8,10-12,21H,9H2,1-2H3. The van der Waals surface area contributed by atoms with E-state index in [1.807, 2.05) is 24.3 Å². The predicted molar refractivity (Wildman–Crippen MR) is 122 cm³/mol. The zero-order valence-corrected chi connectivity index (χ0v) is 19.0. The van der Waals surface area contributed by atoms with Gasteiger partial charge in [-0.15, -0.1) is 16.4 Å². The Morgan fingerprint density at radius 1 is 1.18 bits per heavy atom. The lowest BCUT2D eigenvalue weighted by Crippen LogP contribution is -2.11. The van der Waals surface area contributed by atoms with Crippen molar-refractivity contribution in [2.75, 3.05) is 7.11 Å². The summed E-state index contributed by atoms with van der Waals surface area (Å²) in [5, 5.41) is 10.3. The predicted octanol–water partition coefficient (Wildman–Crippen LogP) is 4.62. The monoisotopic (exact) mass is 480 g/mol. The summed E-state index contributed by atoms with van der Waals surface area (Å²) in [5.74, 6) is 0.959. The molecule has 172 valence electrons. The summed E-state index contributed by atoms with van der Waals surface area (Å²) in [6.45, 7) is 0. The van der Waals surface area contributed by atoms with E-state index in [1.165, 1.54) is 16.3 Å². The van der Waals surface area contributed by atoms with Gasteiger partial charge in [0.2, 0.25) is 0 Å². The number of ether oxygens (including phenoxy) is 1. The average Bonchev–Trinajstić information content (AvgIpc) is 3.56. The number of hydrogen-bond donors (Lipinski definition) is 0. The van der Waals surface area contributed by atoms with Gasteiger partial charge in [-0.25, -0.2) is 23.3 Å². The van der Waals surface area contributed by atoms with Gasteiger partial charge in [0.15, 0.2) is 17.3 Å². The molecule has 0 fully saturated rings. The minimum atomic E-state index is -2.67. The first-order chi connectivity index (χ1) is 16.4. The number of halogens is 2. The van der Waals surface area contributed by atoms with Crippen LogP contribution in [0.1, 0.15) is 28.2 Å². The Kier molecular flexibility index (Phi) is 5.62. The first-order valence-corrected chi connectivity index (χ1v) is 11.1. The summed E-state index contributed by atoms with van der Waals surface area (Å²) in [6, 6.07) is 11.0. The number of alkyl halides is 2. The lowest BCUT2D eigenvalue weighted by Gasteiger charge is -2.05. The van der Waals surface area contributed by atoms with E-state index in [2.05, 4.69) is 20.2 Å². The van der Waals surface area contributed by atoms with E-state index in [0.717, 1.165) is 22.5 Å². The molecule has 0 atom stereocenters. The van der Waals surface area contributed by atoms with Gasteiger partial charge < -0.3 is 4.74 Å². The van der Waals surface area contributed by atoms with Crippen LogP contribution in [0.3, 0.4) is 0 Å². The topological polar surface area (TPSA) is 87.2 Å². The average molecular weight is 480 g/mol. The molecule has 0 spiro atoms. The maximum Gasteiger partial charge on any atom is 0.281 e. The highest BCUT2D eigenvalue weighted by molar-refractivity contribution is 7.13. The number of aryl methyl sites for hydroxylation is 1. The summed E-state index contributed by atoms with van der Waals surface area (Å²) in [4.78, 5) is 21.7. The van der Waals surface area contributed by atoms with Crippen LogP contribution >= 0.6 is 11.3 Å². The number of pyridine rings is 1. The van der Waals surface area contributed by atoms with E-state index in [0.29, 0.717) is 33.5 Å². The molecule has 0 radical (unpaired) electrons. The number of ketones is 1. The number of fused-ring (bicyclic) bond motifs is 1. The van der Waals surface area contributed by atoms with Crippen molar-refractivity contribution in [3.8, 4) is 27.7 Å². The Morgan fingerprint density at radius 2 is 2.00 bits per heavy atom. The minimum Gasteiger partial charge on any atom is -0.496 e. The lowest BCUT2D eigenvalue weighted by atomic mass is 10.1. The molecule has 4 aromatic heterocycles. The number of benzene rings is 1. The van der Waals surface area contributed by atoms with Gasteiger partial charge in [0.25, 0.3) is 6.43 Å². The van der Waals surface area contributed by atoms with Crippen LogP contribution in [0.2, 0.25) is 0 Å². The smallest absolute Gasteiger partial charge is 0.281 e. The number of carbonyl (C=O) groups excluding carboxylic acids is 1. The molecule has 8 nitrogen and oxygen atoms in total. The van der Waals surface area contributed by atoms with Crippen molar-refractivity contribution >= 4 is 22.8 Å². The summed E-state index contributed by atoms with van der Waals surface area (Å²) in [6.07, 6.45) is 0.621. The van der Waals surface area contributed by atoms with Crippen LogP contribution in [0.15, 0.2) is 54.2 Å². The highest BCUT2D eigenvalue weighted by atomic mass is 32.1. The Hall–Kier alpha value is -3.99. The minimum absolute atomic E-state index is 0.0764. The molecule has 0 aliphatic carbocycles. The van der Waals surface area contributed by atoms with E-state index in [-0.39, 0.29) is 17.9 Å². The number of Topliss-reactive ketones (excluding diaryl/α,β-unsaturated/α-hetero) is 1. The number of carbonyl (C=O) groups is 1. The van der Waals surface area contributed by atoms with Gasteiger partial charge in [0.1, 0.15) is 22.1 Å². The molecule has 34 heavy (non-hydrogen) atoms. The second-order valence-electron chi connectivity index (χ2n) is 7.48. The summed E-state index contributed by atoms with van der Waals surface area (Å²) in [7, 11) is 3.23. The molecule has 0 bridgehead atoms. The largest absolute Gasteiger partial charge is 0.496 e. The Balaban J connectivity index is 1.44. The zero-order chi connectivity index (χ0) is 23.8. The van der Waals surface area contributed by atoms with Crippen molar-refractivity contribution in [1.82, 2.24) is 29.4 Å². The van der Waals surface area contributed by atoms with E-state index in [9.17, 15) is 13.6 Å². The number of para-hydroxylation sites is 1. The fraction of sp³-hybridized carbons (Fsp3) is 0.174. The summed E-state index contributed by atoms with van der Waals surface area (Å²) < 4.78 is 34.4. The van der Waals surface area contributed by atoms with E-state index in [4.69, 9.17) is 4.74 Å². The second kappa shape index (κ2) is 8.75. The van der Waals surface area contributed by atoms with Crippen molar-refractivity contribution in [2.45, 2.75) is 12.8 Å². The van der Waals surface area contributed by atoms with Crippen LogP contribution in [-0.2, 0) is 13.5 Å². The highest BCUT2D eigenvalue weighted by Crippen LogP contribution is 2.31. The SMILES string of the molecule is COc1ccccc1-c1nc2cc(CC(=O)c3c(-c4nc(C(F)F)cs4)cnn3C)ccn2n1. The summed E-state index contributed by atoms with van der Waals surface area (Å²) in [5.41, 5.74) is 2.51. The molecule has 11 heteroatoms. The molecule has 0 aliphatic heterocycles. The van der Waals surface area contributed by atoms with E-state index >= 15 is 0 Å². The van der Waals surface area contributed by atoms with E-state index < -0.39 is 6.43 Å². The van der Waals surface area contributed by atoms with Crippen molar-refractivity contribution < 1.29 is 18.3 Å². The third-order valence-electron chi connectivity index (χ3n) is 5.29. The number of methoxy groups -OCH3 is 1. The molecule has 1 aromatic carbocycles. The zero-order valence-electron chi connectivity index (χ0n) is 18.1. The molecule has 0 aliphatic rings. The Morgan fingerprint density at radius 3 is 2.76 bits per heavy atom. The number of thiazole rings is 1. The first kappa shape index (κ1) is 21.8. The van der Waals surface area contributed by atoms with Crippen LogP contribution in [0.4, 0.5) is 8.78 Å². The molecule has 0 N–H and O–H groups in total. The van der Waals surface area contributed by atoms with Gasteiger partial charge in [0, 0.05) is 25.0 Å². The van der Waals surface area contributed by atoms with E-state index in [1.54, 1.807) is 37.0 Å². The second-order valence-corrected chi connectivity index (χ2v) is 8.34. The molecule has 4 heterocycles. The van der Waals surface area contributed by atoms with Crippen LogP contribution < -0.4 is 4.74 Å². The van der Waals surface area contributed by atoms with Gasteiger partial charge in [-0.2, -0.15) is 5.10 Å². The number of hydrogen-bond acceptors (Lipinski definition) is 7. The quantitative estimate of drug-likeness (QED) is 0.316. The molecule has 0 unspecified atom stereocenters. The number of rotatable bonds is 7. The lowest BCUT2D eigenvalue weighted by molar-refractivity contribution is 0.0984. The molecule has 0 saturated heterocycles. The van der Waals surface area contributed by atoms with Crippen molar-refractivity contribution in [2.24, 2.45) is 7.05 Å². The number of aromatic nitrogens is 6. The van der Waals surface area contributed by atoms with Gasteiger partial charge in [-0.3, -0.25) is 9.48 Å². The van der Waals surface area contributed by atoms with Crippen LogP contribution in [0.5, 0.6) is 5.75 Å². The van der Waals surface area contributed by atoms with Gasteiger partial charge >= 0.3 is 0 Å². The molecule has 5 rings (SSSR count). The third kappa shape index (κ3) is 3.94. The van der Waals surface area contributed by atoms with Crippen LogP contribution in [0.25, 0.3) is 27.6 Å². The molecular weight excluding hydrogens is 462 g/mol. The first-order valence-electron chi connectivity index (χ1n) is 10.2. The van der Waals surface area contributed by atoms with Gasteiger partial charge in [-0.1, -0.05) is 12.1 Å². The molecular formula is C23H18F2N6O2S. The van der Waals surface area contributed by atoms with Crippen molar-refractivity contribution in [1.29, 1.82) is 0 Å².